The number of hydrogen-bond donors (Lipinski definition) is 2. The number of Topliss-reactive ketones (excluding diaryl/α,β-unsaturated/α-hetero) is 5. The number of hydrogen-bond acceptors (Lipinski definition) is 23. The monoisotopic (exact) mass is 1520 g/mol. The number of benzene rings is 6. The first kappa shape index (κ1) is 95.2. The van der Waals surface area contributed by atoms with Gasteiger partial charge >= 0.3 is 0 Å². The summed E-state index contributed by atoms with van der Waals surface area (Å²) in [6.07, 6.45) is 3.20. The Morgan fingerprint density at radius 1 is 0.385 bits per heavy atom. The molecule has 0 aromatic heterocycles. The lowest BCUT2D eigenvalue weighted by molar-refractivity contribution is -0.169. The maximum atomic E-state index is 12.0. The fourth-order valence-corrected chi connectivity index (χ4v) is 9.69. The maximum Gasteiger partial charge on any atom is 0.169 e. The number of aliphatic hydroxyl groups is 2. The molecule has 1 atom stereocenters. The van der Waals surface area contributed by atoms with Crippen molar-refractivity contribution in [2.45, 2.75) is 108 Å². The fraction of sp³-hybridized carbons (Fsp3) is 0.523. The van der Waals surface area contributed by atoms with E-state index in [1.54, 1.807) is 79.9 Å². The van der Waals surface area contributed by atoms with Gasteiger partial charge in [-0.3, -0.25) is 24.0 Å². The van der Waals surface area contributed by atoms with Crippen LogP contribution in [0.1, 0.15) is 151 Å². The first-order valence-electron chi connectivity index (χ1n) is 37.6. The molecule has 1 unspecified atom stereocenters. The Kier molecular flexibility index (Phi) is 51.4. The molecule has 1 aliphatic heterocycles. The zero-order valence-corrected chi connectivity index (χ0v) is 66.6. The normalized spacial score (nSPS) is 12.3. The van der Waals surface area contributed by atoms with Crippen LogP contribution in [0.2, 0.25) is 0 Å². The summed E-state index contributed by atoms with van der Waals surface area (Å²) in [5.74, 6) is 4.62. The van der Waals surface area contributed by atoms with Crippen molar-refractivity contribution in [2.75, 3.05) is 160 Å². The number of rotatable bonds is 49. The second kappa shape index (κ2) is 58.9. The number of methoxy groups -OCH3 is 2. The van der Waals surface area contributed by atoms with E-state index in [-0.39, 0.29) is 84.8 Å². The molecular weight excluding hydrogens is 1400 g/mol. The van der Waals surface area contributed by atoms with Gasteiger partial charge in [-0.25, -0.2) is 0 Å². The summed E-state index contributed by atoms with van der Waals surface area (Å²) in [4.78, 5) is 59.4. The van der Waals surface area contributed by atoms with E-state index in [4.69, 9.17) is 86.0 Å². The van der Waals surface area contributed by atoms with E-state index in [1.807, 2.05) is 143 Å². The molecule has 23 heteroatoms. The summed E-state index contributed by atoms with van der Waals surface area (Å²) >= 11 is 0. The molecule has 109 heavy (non-hydrogen) atoms. The molecule has 1 fully saturated rings. The topological polar surface area (TPSA) is 273 Å². The van der Waals surface area contributed by atoms with Crippen LogP contribution in [0.4, 0.5) is 0 Å². The molecule has 0 radical (unpaired) electrons. The van der Waals surface area contributed by atoms with Crippen LogP contribution < -0.4 is 28.4 Å². The Morgan fingerprint density at radius 3 is 1.13 bits per heavy atom. The van der Waals surface area contributed by atoms with E-state index >= 15 is 0 Å². The number of carbonyl (C=O) groups excluding carboxylic acids is 5. The quantitative estimate of drug-likeness (QED) is 0.0204. The van der Waals surface area contributed by atoms with E-state index < -0.39 is 0 Å². The van der Waals surface area contributed by atoms with Crippen LogP contribution >= 0.6 is 0 Å². The minimum atomic E-state index is -0.0810. The van der Waals surface area contributed by atoms with Gasteiger partial charge in [-0.2, -0.15) is 0 Å². The second-order valence-electron chi connectivity index (χ2n) is 26.3. The van der Waals surface area contributed by atoms with Crippen LogP contribution in [0.15, 0.2) is 140 Å². The van der Waals surface area contributed by atoms with E-state index in [2.05, 4.69) is 0 Å². The highest BCUT2D eigenvalue weighted by atomic mass is 16.7. The Labute approximate surface area is 646 Å². The number of carbonyl (C=O) groups is 5. The molecule has 6 aromatic carbocycles. The molecule has 7 rings (SSSR count). The number of aliphatic hydroxyl groups excluding tert-OH is 2. The lowest BCUT2D eigenvalue weighted by Crippen LogP contribution is -2.24. The summed E-state index contributed by atoms with van der Waals surface area (Å²) in [6, 6.07) is 42.3. The summed E-state index contributed by atoms with van der Waals surface area (Å²) in [5, 5.41) is 17.1. The van der Waals surface area contributed by atoms with Crippen LogP contribution in [0.3, 0.4) is 0 Å². The van der Waals surface area contributed by atoms with Crippen molar-refractivity contribution in [1.29, 1.82) is 0 Å². The van der Waals surface area contributed by atoms with E-state index in [1.165, 1.54) is 13.5 Å². The zero-order chi connectivity index (χ0) is 79.8. The average Bonchev–Trinajstić information content (AvgIpc) is 0.845. The lowest BCUT2D eigenvalue weighted by Gasteiger charge is -2.22. The Balaban J connectivity index is 0.000000355. The number of ether oxygens (including phenoxy) is 16. The molecular formula is C86H122O23. The fourth-order valence-electron chi connectivity index (χ4n) is 9.69. The third kappa shape index (κ3) is 42.1. The summed E-state index contributed by atoms with van der Waals surface area (Å²) in [5.41, 5.74) is 5.54. The van der Waals surface area contributed by atoms with Gasteiger partial charge in [0.15, 0.2) is 35.2 Å². The minimum Gasteiger partial charge on any atom is -0.496 e. The van der Waals surface area contributed by atoms with Gasteiger partial charge in [0.1, 0.15) is 74.3 Å². The van der Waals surface area contributed by atoms with Gasteiger partial charge in [0.2, 0.25) is 0 Å². The van der Waals surface area contributed by atoms with Gasteiger partial charge in [-0.1, -0.05) is 99.6 Å². The van der Waals surface area contributed by atoms with Crippen molar-refractivity contribution in [3.8, 4) is 34.5 Å². The molecule has 0 aliphatic carbocycles. The largest absolute Gasteiger partial charge is 0.496 e. The predicted octanol–water partition coefficient (Wildman–Crippen LogP) is 14.3. The van der Waals surface area contributed by atoms with Crippen molar-refractivity contribution in [1.82, 2.24) is 0 Å². The van der Waals surface area contributed by atoms with E-state index in [9.17, 15) is 24.0 Å². The predicted molar refractivity (Wildman–Crippen MR) is 419 cm³/mol. The standard InChI is InChI=1S/C21H26O4.C19H28O5.C16H24O5.C15H22O5.C15H22O4/c1-17(2)21(22)19-8-10-20(11-9-19)25-15-14-23-12-13-24-16-18-6-4-3-5-7-18;1-15(2)19(20)16-6-8-17(9-7-16)22-13-11-21-12-14-24-18-5-3-4-10-23-18;1-13(2)16(17)14-4-6-15(7-5-14)21-11-10-19-8-9-20-12-18-3;1-11(2)15(17)13-5-4-12(10-14(13)18-3)20-9-8-19-7-6-16;1-11(2)15(17)14-5-4-13(10-12(14)3)19-9-8-18-7-6-16/h3-11,17H,12-16H2,1-2H3;6-9,15,18H,3-5,10-14H2,1-2H3;4-7,13H,8-12H2,1-3H3;4-5,10-11,16H,6-9H2,1-3H3;4-5,10-11,16H,6-9H2,1-3H3. The Bertz CT molecular complexity index is 3370. The van der Waals surface area contributed by atoms with Gasteiger partial charge in [0.05, 0.1) is 118 Å². The molecule has 0 amide bonds. The molecule has 0 bridgehead atoms. The summed E-state index contributed by atoms with van der Waals surface area (Å²) < 4.78 is 85.9. The molecule has 1 aliphatic rings. The highest BCUT2D eigenvalue weighted by Crippen LogP contribution is 2.28. The smallest absolute Gasteiger partial charge is 0.169 e. The minimum absolute atomic E-state index is 0.000165. The zero-order valence-electron chi connectivity index (χ0n) is 66.6. The molecule has 604 valence electrons. The molecule has 0 saturated carbocycles. The van der Waals surface area contributed by atoms with E-state index in [0.717, 1.165) is 64.7 Å². The van der Waals surface area contributed by atoms with Crippen molar-refractivity contribution < 1.29 is 110 Å². The van der Waals surface area contributed by atoms with Crippen molar-refractivity contribution >= 4 is 28.9 Å². The Hall–Kier alpha value is -8.01. The Morgan fingerprint density at radius 2 is 0.743 bits per heavy atom. The van der Waals surface area contributed by atoms with Crippen LogP contribution in [-0.4, -0.2) is 205 Å². The average molecular weight is 1520 g/mol. The number of ketones is 5. The van der Waals surface area contributed by atoms with Gasteiger partial charge in [-0.05, 0) is 140 Å². The molecule has 2 N–H and O–H groups in total. The van der Waals surface area contributed by atoms with Gasteiger partial charge in [0, 0.05) is 71.6 Å². The van der Waals surface area contributed by atoms with Crippen molar-refractivity contribution in [2.24, 2.45) is 29.6 Å². The molecule has 23 nitrogen and oxygen atoms in total. The van der Waals surface area contributed by atoms with Gasteiger partial charge in [-0.15, -0.1) is 0 Å². The third-order valence-corrected chi connectivity index (χ3v) is 15.6. The highest BCUT2D eigenvalue weighted by Gasteiger charge is 2.19. The van der Waals surface area contributed by atoms with Gasteiger partial charge in [0.25, 0.3) is 0 Å². The third-order valence-electron chi connectivity index (χ3n) is 15.6. The summed E-state index contributed by atoms with van der Waals surface area (Å²) in [7, 11) is 3.11. The van der Waals surface area contributed by atoms with Crippen molar-refractivity contribution in [3.05, 3.63) is 178 Å². The first-order chi connectivity index (χ1) is 52.6. The van der Waals surface area contributed by atoms with Crippen LogP contribution in [-0.2, 0) is 54.0 Å². The number of aryl methyl sites for hydroxylation is 1. The van der Waals surface area contributed by atoms with Crippen molar-refractivity contribution in [3.63, 3.8) is 0 Å². The maximum absolute atomic E-state index is 12.0. The molecule has 6 aromatic rings. The summed E-state index contributed by atoms with van der Waals surface area (Å²) in [6.45, 7) is 30.8. The van der Waals surface area contributed by atoms with Gasteiger partial charge < -0.3 is 86.0 Å². The SMILES string of the molecule is CC(C)C(=O)c1ccc(OCCOCCOC2CCCCO2)cc1.CC(C)C(=O)c1ccc(OCCOCCOCc2ccccc2)cc1.COCOCCOCCOc1ccc(C(=O)C(C)C)cc1.COc1cc(OCCOCCO)ccc1C(=O)C(C)C.Cc1cc(OCCOCCO)ccc1C(=O)C(C)C. The highest BCUT2D eigenvalue weighted by molar-refractivity contribution is 6.01. The van der Waals surface area contributed by atoms with E-state index in [0.29, 0.717) is 154 Å². The molecule has 1 heterocycles. The molecule has 0 spiro atoms. The van der Waals surface area contributed by atoms with Crippen LogP contribution in [0.25, 0.3) is 0 Å². The van der Waals surface area contributed by atoms with Crippen LogP contribution in [0.5, 0.6) is 34.5 Å². The van der Waals surface area contributed by atoms with Crippen LogP contribution in [0, 0.1) is 36.5 Å². The lowest BCUT2D eigenvalue weighted by atomic mass is 9.97. The first-order valence-corrected chi connectivity index (χ1v) is 37.6. The molecule has 1 saturated heterocycles. The second-order valence-corrected chi connectivity index (χ2v) is 26.3.